The van der Waals surface area contributed by atoms with Crippen molar-refractivity contribution in [3.63, 3.8) is 0 Å². The van der Waals surface area contributed by atoms with Crippen LogP contribution < -0.4 is 16.0 Å². The molecule has 1 atom stereocenters. The van der Waals surface area contributed by atoms with Crippen LogP contribution in [0.3, 0.4) is 0 Å². The summed E-state index contributed by atoms with van der Waals surface area (Å²) in [7, 11) is 1.65. The number of likely N-dealkylation sites (tertiary alicyclic amines) is 1. The Morgan fingerprint density at radius 1 is 1.44 bits per heavy atom. The SMILES string of the molecule is CCNC(=NCC(C)(C)C(=O)NC)N1CCCC2(CNC(=O)C2)C1.I. The molecule has 2 amide bonds. The van der Waals surface area contributed by atoms with Crippen LogP contribution in [0.4, 0.5) is 0 Å². The van der Waals surface area contributed by atoms with Crippen molar-refractivity contribution >= 4 is 41.8 Å². The molecule has 2 saturated heterocycles. The van der Waals surface area contributed by atoms with Gasteiger partial charge in [-0.15, -0.1) is 24.0 Å². The Kier molecular flexibility index (Phi) is 7.95. The summed E-state index contributed by atoms with van der Waals surface area (Å²) in [5, 5.41) is 9.01. The molecule has 1 unspecified atom stereocenters. The number of hydrogen-bond donors (Lipinski definition) is 3. The highest BCUT2D eigenvalue weighted by molar-refractivity contribution is 14.0. The van der Waals surface area contributed by atoms with Gasteiger partial charge in [-0.05, 0) is 33.6 Å². The molecule has 0 saturated carbocycles. The van der Waals surface area contributed by atoms with Crippen LogP contribution in [-0.4, -0.2) is 62.4 Å². The lowest BCUT2D eigenvalue weighted by Crippen LogP contribution is -2.51. The van der Waals surface area contributed by atoms with Crippen LogP contribution in [0.2, 0.25) is 0 Å². The van der Waals surface area contributed by atoms with E-state index in [1.165, 1.54) is 0 Å². The monoisotopic (exact) mass is 465 g/mol. The van der Waals surface area contributed by atoms with Crippen LogP contribution in [0.25, 0.3) is 0 Å². The van der Waals surface area contributed by atoms with Crippen LogP contribution in [0.1, 0.15) is 40.0 Å². The van der Waals surface area contributed by atoms with Crippen LogP contribution >= 0.6 is 24.0 Å². The first-order chi connectivity index (χ1) is 11.3. The number of piperidine rings is 1. The number of hydrogen-bond acceptors (Lipinski definition) is 3. The predicted molar refractivity (Wildman–Crippen MR) is 110 cm³/mol. The van der Waals surface area contributed by atoms with Gasteiger partial charge in [0.15, 0.2) is 5.96 Å². The highest BCUT2D eigenvalue weighted by Crippen LogP contribution is 2.36. The van der Waals surface area contributed by atoms with Crippen molar-refractivity contribution in [3.05, 3.63) is 0 Å². The summed E-state index contributed by atoms with van der Waals surface area (Å²) in [6, 6.07) is 0. The lowest BCUT2D eigenvalue weighted by atomic mass is 9.79. The molecule has 0 aromatic carbocycles. The van der Waals surface area contributed by atoms with E-state index in [0.717, 1.165) is 45.0 Å². The van der Waals surface area contributed by atoms with Crippen LogP contribution in [0.15, 0.2) is 4.99 Å². The third kappa shape index (κ3) is 5.46. The summed E-state index contributed by atoms with van der Waals surface area (Å²) >= 11 is 0. The van der Waals surface area contributed by atoms with Gasteiger partial charge in [-0.3, -0.25) is 14.6 Å². The second-order valence-electron chi connectivity index (χ2n) is 7.61. The summed E-state index contributed by atoms with van der Waals surface area (Å²) in [5.41, 5.74) is -0.518. The van der Waals surface area contributed by atoms with Crippen molar-refractivity contribution in [1.82, 2.24) is 20.9 Å². The fourth-order valence-corrected chi connectivity index (χ4v) is 3.54. The molecule has 8 heteroatoms. The van der Waals surface area contributed by atoms with Gasteiger partial charge in [-0.1, -0.05) is 0 Å². The van der Waals surface area contributed by atoms with Crippen molar-refractivity contribution in [3.8, 4) is 0 Å². The molecule has 2 fully saturated rings. The zero-order valence-electron chi connectivity index (χ0n) is 15.8. The molecule has 0 aromatic heterocycles. The van der Waals surface area contributed by atoms with Crippen molar-refractivity contribution < 1.29 is 9.59 Å². The largest absolute Gasteiger partial charge is 0.359 e. The predicted octanol–water partition coefficient (Wildman–Crippen LogP) is 0.944. The first-order valence-electron chi connectivity index (χ1n) is 8.84. The van der Waals surface area contributed by atoms with Gasteiger partial charge in [0, 0.05) is 45.1 Å². The Morgan fingerprint density at radius 2 is 2.16 bits per heavy atom. The average molecular weight is 465 g/mol. The van der Waals surface area contributed by atoms with E-state index in [4.69, 9.17) is 4.99 Å². The van der Waals surface area contributed by atoms with Crippen molar-refractivity contribution in [2.24, 2.45) is 15.8 Å². The van der Waals surface area contributed by atoms with Crippen molar-refractivity contribution in [1.29, 1.82) is 0 Å². The van der Waals surface area contributed by atoms with Gasteiger partial charge < -0.3 is 20.9 Å². The van der Waals surface area contributed by atoms with Crippen molar-refractivity contribution in [2.45, 2.75) is 40.0 Å². The van der Waals surface area contributed by atoms with E-state index < -0.39 is 5.41 Å². The lowest BCUT2D eigenvalue weighted by molar-refractivity contribution is -0.128. The second kappa shape index (κ2) is 9.05. The third-order valence-corrected chi connectivity index (χ3v) is 4.96. The number of carbonyl (C=O) groups excluding carboxylic acids is 2. The Hall–Kier alpha value is -1.06. The number of amides is 2. The average Bonchev–Trinajstić information content (AvgIpc) is 2.90. The zero-order valence-corrected chi connectivity index (χ0v) is 18.1. The normalized spacial score (nSPS) is 23.9. The second-order valence-corrected chi connectivity index (χ2v) is 7.61. The fraction of sp³-hybridized carbons (Fsp3) is 0.824. The molecule has 2 heterocycles. The third-order valence-electron chi connectivity index (χ3n) is 4.96. The molecule has 144 valence electrons. The smallest absolute Gasteiger partial charge is 0.227 e. The molecule has 3 N–H and O–H groups in total. The first kappa shape index (κ1) is 22.0. The maximum atomic E-state index is 12.0. The molecule has 0 bridgehead atoms. The topological polar surface area (TPSA) is 85.8 Å². The quantitative estimate of drug-likeness (QED) is 0.328. The molecule has 2 rings (SSSR count). The van der Waals surface area contributed by atoms with E-state index in [1.807, 2.05) is 20.8 Å². The molecule has 1 spiro atoms. The van der Waals surface area contributed by atoms with Gasteiger partial charge in [0.1, 0.15) is 0 Å². The van der Waals surface area contributed by atoms with E-state index in [1.54, 1.807) is 7.05 Å². The van der Waals surface area contributed by atoms with Gasteiger partial charge in [0.25, 0.3) is 0 Å². The molecule has 7 nitrogen and oxygen atoms in total. The van der Waals surface area contributed by atoms with E-state index in [9.17, 15) is 9.59 Å². The number of aliphatic imine (C=N–C) groups is 1. The van der Waals surface area contributed by atoms with E-state index in [2.05, 4.69) is 20.9 Å². The minimum atomic E-state index is -0.548. The fourth-order valence-electron chi connectivity index (χ4n) is 3.54. The Bertz CT molecular complexity index is 523. The standard InChI is InChI=1S/C17H31N5O2.HI/c1-5-19-15(21-10-16(2,3)14(24)18-4)22-8-6-7-17(12-22)9-13(23)20-11-17;/h5-12H2,1-4H3,(H,18,24)(H,19,21)(H,20,23);1H. The first-order valence-corrected chi connectivity index (χ1v) is 8.84. The summed E-state index contributed by atoms with van der Waals surface area (Å²) in [4.78, 5) is 30.6. The number of nitrogens with one attached hydrogen (secondary N) is 3. The number of halogens is 1. The molecular formula is C17H32IN5O2. The number of rotatable bonds is 4. The van der Waals surface area contributed by atoms with Crippen LogP contribution in [0.5, 0.6) is 0 Å². The van der Waals surface area contributed by atoms with Crippen molar-refractivity contribution in [2.75, 3.05) is 39.8 Å². The maximum absolute atomic E-state index is 12.0. The Balaban J connectivity index is 0.00000312. The minimum Gasteiger partial charge on any atom is -0.359 e. The maximum Gasteiger partial charge on any atom is 0.227 e. The highest BCUT2D eigenvalue weighted by atomic mass is 127. The number of guanidine groups is 1. The van der Waals surface area contributed by atoms with Crippen LogP contribution in [-0.2, 0) is 9.59 Å². The Morgan fingerprint density at radius 3 is 2.72 bits per heavy atom. The molecule has 0 aliphatic carbocycles. The van der Waals surface area contributed by atoms with E-state index in [0.29, 0.717) is 13.0 Å². The zero-order chi connectivity index (χ0) is 17.8. The van der Waals surface area contributed by atoms with Crippen LogP contribution in [0, 0.1) is 10.8 Å². The summed E-state index contributed by atoms with van der Waals surface area (Å²) in [6.45, 7) is 9.56. The molecular weight excluding hydrogens is 433 g/mol. The molecule has 0 radical (unpaired) electrons. The Labute approximate surface area is 167 Å². The lowest BCUT2D eigenvalue weighted by Gasteiger charge is -2.41. The molecule has 0 aromatic rings. The highest BCUT2D eigenvalue weighted by Gasteiger charge is 2.42. The molecule has 2 aliphatic heterocycles. The van der Waals surface area contributed by atoms with Gasteiger partial charge in [-0.25, -0.2) is 0 Å². The van der Waals surface area contributed by atoms with Gasteiger partial charge >= 0.3 is 0 Å². The van der Waals surface area contributed by atoms with E-state index in [-0.39, 0.29) is 41.2 Å². The molecule has 2 aliphatic rings. The van der Waals surface area contributed by atoms with E-state index >= 15 is 0 Å². The van der Waals surface area contributed by atoms with Gasteiger partial charge in [0.05, 0.1) is 12.0 Å². The van der Waals surface area contributed by atoms with Gasteiger partial charge in [-0.2, -0.15) is 0 Å². The number of nitrogens with zero attached hydrogens (tertiary/aromatic N) is 2. The minimum absolute atomic E-state index is 0. The van der Waals surface area contributed by atoms with Gasteiger partial charge in [0.2, 0.25) is 11.8 Å². The molecule has 25 heavy (non-hydrogen) atoms. The summed E-state index contributed by atoms with van der Waals surface area (Å²) in [6.07, 6.45) is 2.73. The number of carbonyl (C=O) groups is 2. The summed E-state index contributed by atoms with van der Waals surface area (Å²) in [5.74, 6) is 0.982. The summed E-state index contributed by atoms with van der Waals surface area (Å²) < 4.78 is 0.